The number of hydrogen-bond donors (Lipinski definition) is 1. The Kier molecular flexibility index (Phi) is 2.27. The van der Waals surface area contributed by atoms with Gasteiger partial charge in [0.15, 0.2) is 0 Å². The number of rotatable bonds is 1. The zero-order valence-electron chi connectivity index (χ0n) is 8.97. The maximum Gasteiger partial charge on any atom is 0.100 e. The molecule has 0 fully saturated rings. The van der Waals surface area contributed by atoms with Crippen LogP contribution in [0.2, 0.25) is 5.02 Å². The number of halogens is 1. The molecule has 0 amide bonds. The van der Waals surface area contributed by atoms with Crippen molar-refractivity contribution in [3.8, 4) is 5.69 Å². The summed E-state index contributed by atoms with van der Waals surface area (Å²) in [4.78, 5) is 4.34. The van der Waals surface area contributed by atoms with Gasteiger partial charge in [0.2, 0.25) is 0 Å². The van der Waals surface area contributed by atoms with E-state index >= 15 is 0 Å². The lowest BCUT2D eigenvalue weighted by Gasteiger charge is -2.06. The number of nitrogens with two attached hydrogens (primary N) is 1. The van der Waals surface area contributed by atoms with Crippen molar-refractivity contribution in [2.75, 3.05) is 5.73 Å². The molecule has 1 aromatic heterocycles. The zero-order chi connectivity index (χ0) is 11.8. The molecule has 3 nitrogen and oxygen atoms in total. The Hall–Kier alpha value is -2.00. The van der Waals surface area contributed by atoms with Crippen LogP contribution in [0, 0.1) is 0 Å². The number of benzene rings is 2. The molecule has 0 aliphatic rings. The number of para-hydroxylation sites is 2. The van der Waals surface area contributed by atoms with Crippen molar-refractivity contribution in [1.29, 1.82) is 0 Å². The monoisotopic (exact) mass is 243 g/mol. The van der Waals surface area contributed by atoms with E-state index in [-0.39, 0.29) is 0 Å². The van der Waals surface area contributed by atoms with Gasteiger partial charge in [-0.1, -0.05) is 23.7 Å². The Balaban J connectivity index is 2.24. The van der Waals surface area contributed by atoms with Crippen LogP contribution in [0.3, 0.4) is 0 Å². The maximum absolute atomic E-state index is 6.02. The van der Waals surface area contributed by atoms with Crippen LogP contribution in [0.1, 0.15) is 0 Å². The Morgan fingerprint density at radius 2 is 1.94 bits per heavy atom. The summed E-state index contributed by atoms with van der Waals surface area (Å²) in [6.45, 7) is 0. The molecule has 0 atom stereocenters. The fourth-order valence-corrected chi connectivity index (χ4v) is 2.01. The summed E-state index contributed by atoms with van der Waals surface area (Å²) in [7, 11) is 0. The molecule has 0 aliphatic heterocycles. The smallest absolute Gasteiger partial charge is 0.100 e. The molecule has 0 saturated carbocycles. The van der Waals surface area contributed by atoms with Gasteiger partial charge in [0.05, 0.1) is 21.7 Å². The zero-order valence-corrected chi connectivity index (χ0v) is 9.72. The van der Waals surface area contributed by atoms with Crippen LogP contribution >= 0.6 is 11.6 Å². The van der Waals surface area contributed by atoms with Crippen LogP contribution in [0.5, 0.6) is 0 Å². The second kappa shape index (κ2) is 3.79. The van der Waals surface area contributed by atoms with E-state index in [4.69, 9.17) is 17.3 Å². The van der Waals surface area contributed by atoms with E-state index in [1.54, 1.807) is 12.4 Å². The number of fused-ring (bicyclic) bond motifs is 1. The van der Waals surface area contributed by atoms with Crippen molar-refractivity contribution in [3.63, 3.8) is 0 Å². The Bertz CT molecular complexity index is 688. The molecule has 2 N–H and O–H groups in total. The molecule has 1 heterocycles. The largest absolute Gasteiger partial charge is 0.398 e. The van der Waals surface area contributed by atoms with Crippen LogP contribution in [-0.2, 0) is 0 Å². The summed E-state index contributed by atoms with van der Waals surface area (Å²) in [5.41, 5.74) is 9.25. The van der Waals surface area contributed by atoms with Gasteiger partial charge in [-0.3, -0.25) is 4.57 Å². The Morgan fingerprint density at radius 3 is 2.76 bits per heavy atom. The molecular weight excluding hydrogens is 234 g/mol. The predicted octanol–water partition coefficient (Wildman–Crippen LogP) is 3.26. The minimum atomic E-state index is 0.556. The average Bonchev–Trinajstić information content (AvgIpc) is 2.76. The highest BCUT2D eigenvalue weighted by molar-refractivity contribution is 6.33. The molecule has 0 bridgehead atoms. The highest BCUT2D eigenvalue weighted by Crippen LogP contribution is 2.24. The summed E-state index contributed by atoms with van der Waals surface area (Å²) in [6, 6.07) is 13.5. The van der Waals surface area contributed by atoms with Gasteiger partial charge < -0.3 is 5.73 Å². The third-order valence-corrected chi connectivity index (χ3v) is 3.04. The second-order valence-corrected chi connectivity index (χ2v) is 4.22. The van der Waals surface area contributed by atoms with E-state index in [9.17, 15) is 0 Å². The van der Waals surface area contributed by atoms with Gasteiger partial charge in [-0.15, -0.1) is 0 Å². The third kappa shape index (κ3) is 1.65. The van der Waals surface area contributed by atoms with Crippen LogP contribution < -0.4 is 5.73 Å². The number of aromatic nitrogens is 2. The van der Waals surface area contributed by atoms with Gasteiger partial charge in [-0.25, -0.2) is 4.98 Å². The van der Waals surface area contributed by atoms with Gasteiger partial charge in [-0.2, -0.15) is 0 Å². The minimum Gasteiger partial charge on any atom is -0.398 e. The molecule has 84 valence electrons. The summed E-state index contributed by atoms with van der Waals surface area (Å²) in [5.74, 6) is 0. The van der Waals surface area contributed by atoms with Crippen molar-refractivity contribution < 1.29 is 0 Å². The molecular formula is C13H10ClN3. The molecule has 0 unspecified atom stereocenters. The minimum absolute atomic E-state index is 0.556. The quantitative estimate of drug-likeness (QED) is 0.667. The van der Waals surface area contributed by atoms with Crippen LogP contribution in [-0.4, -0.2) is 9.55 Å². The van der Waals surface area contributed by atoms with E-state index in [1.807, 2.05) is 41.0 Å². The molecule has 4 heteroatoms. The molecule has 2 aromatic carbocycles. The highest BCUT2D eigenvalue weighted by atomic mass is 35.5. The lowest BCUT2D eigenvalue weighted by Crippen LogP contribution is -1.93. The predicted molar refractivity (Wildman–Crippen MR) is 70.5 cm³/mol. The van der Waals surface area contributed by atoms with E-state index < -0.39 is 0 Å². The summed E-state index contributed by atoms with van der Waals surface area (Å²) < 4.78 is 1.99. The highest BCUT2D eigenvalue weighted by Gasteiger charge is 2.05. The van der Waals surface area contributed by atoms with Crippen molar-refractivity contribution in [2.45, 2.75) is 0 Å². The van der Waals surface area contributed by atoms with Gasteiger partial charge in [0.1, 0.15) is 6.33 Å². The lowest BCUT2D eigenvalue weighted by atomic mass is 10.2. The normalized spacial score (nSPS) is 10.9. The number of nitrogens with zero attached hydrogens (tertiary/aromatic N) is 2. The molecule has 17 heavy (non-hydrogen) atoms. The summed E-state index contributed by atoms with van der Waals surface area (Å²) in [6.07, 6.45) is 1.78. The first kappa shape index (κ1) is 10.2. The van der Waals surface area contributed by atoms with E-state index in [0.717, 1.165) is 16.7 Å². The number of anilines is 1. The van der Waals surface area contributed by atoms with Crippen molar-refractivity contribution in [2.24, 2.45) is 0 Å². The molecule has 0 spiro atoms. The van der Waals surface area contributed by atoms with Crippen LogP contribution in [0.4, 0.5) is 5.69 Å². The van der Waals surface area contributed by atoms with E-state index in [2.05, 4.69) is 4.98 Å². The summed E-state index contributed by atoms with van der Waals surface area (Å²) >= 11 is 6.02. The molecule has 3 aromatic rings. The first-order valence-corrected chi connectivity index (χ1v) is 5.61. The van der Waals surface area contributed by atoms with Crippen LogP contribution in [0.15, 0.2) is 48.8 Å². The number of nitrogen functional groups attached to an aromatic ring is 1. The van der Waals surface area contributed by atoms with Crippen LogP contribution in [0.25, 0.3) is 16.7 Å². The first-order valence-electron chi connectivity index (χ1n) is 5.23. The van der Waals surface area contributed by atoms with E-state index in [0.29, 0.717) is 10.7 Å². The van der Waals surface area contributed by atoms with Crippen molar-refractivity contribution in [3.05, 3.63) is 53.8 Å². The first-order chi connectivity index (χ1) is 8.25. The molecule has 0 saturated heterocycles. The molecule has 0 radical (unpaired) electrons. The molecule has 3 rings (SSSR count). The Morgan fingerprint density at radius 1 is 1.12 bits per heavy atom. The SMILES string of the molecule is Nc1ccc(-n2cnc3ccccc32)cc1Cl. The van der Waals surface area contributed by atoms with Crippen molar-refractivity contribution >= 4 is 28.3 Å². The Labute approximate surface area is 103 Å². The van der Waals surface area contributed by atoms with Gasteiger partial charge in [0, 0.05) is 5.69 Å². The fraction of sp³-hybridized carbons (Fsp3) is 0. The standard InChI is InChI=1S/C13H10ClN3/c14-10-7-9(5-6-11(10)15)17-8-16-12-3-1-2-4-13(12)17/h1-8H,15H2. The summed E-state index contributed by atoms with van der Waals surface area (Å²) in [5, 5.41) is 0.556. The van der Waals surface area contributed by atoms with Crippen molar-refractivity contribution in [1.82, 2.24) is 9.55 Å². The van der Waals surface area contributed by atoms with Gasteiger partial charge >= 0.3 is 0 Å². The van der Waals surface area contributed by atoms with Gasteiger partial charge in [-0.05, 0) is 30.3 Å². The number of hydrogen-bond acceptors (Lipinski definition) is 2. The fourth-order valence-electron chi connectivity index (χ4n) is 1.83. The number of imidazole rings is 1. The lowest BCUT2D eigenvalue weighted by molar-refractivity contribution is 1.09. The maximum atomic E-state index is 6.02. The average molecular weight is 244 g/mol. The van der Waals surface area contributed by atoms with E-state index in [1.165, 1.54) is 0 Å². The molecule has 0 aliphatic carbocycles. The topological polar surface area (TPSA) is 43.8 Å². The second-order valence-electron chi connectivity index (χ2n) is 3.81. The van der Waals surface area contributed by atoms with Gasteiger partial charge in [0.25, 0.3) is 0 Å². The third-order valence-electron chi connectivity index (χ3n) is 2.72.